The minimum absolute atomic E-state index is 0.178. The maximum atomic E-state index is 11.9. The first kappa shape index (κ1) is 12.2. The van der Waals surface area contributed by atoms with Crippen LogP contribution in [0.4, 0.5) is 0 Å². The number of hydrogen-bond donors (Lipinski definition) is 1. The van der Waals surface area contributed by atoms with Gasteiger partial charge in [-0.15, -0.1) is 0 Å². The molecule has 0 atom stereocenters. The summed E-state index contributed by atoms with van der Waals surface area (Å²) in [4.78, 5) is 16.1. The van der Waals surface area contributed by atoms with Gasteiger partial charge in [0.2, 0.25) is 0 Å². The minimum Gasteiger partial charge on any atom is -0.325 e. The summed E-state index contributed by atoms with van der Waals surface area (Å²) in [6, 6.07) is 0. The highest BCUT2D eigenvalue weighted by molar-refractivity contribution is 5.81. The number of ketones is 1. The zero-order valence-electron chi connectivity index (χ0n) is 10.4. The van der Waals surface area contributed by atoms with Crippen LogP contribution in [-0.2, 0) is 17.8 Å². The van der Waals surface area contributed by atoms with E-state index in [1.807, 2.05) is 4.68 Å². The fraction of sp³-hybridized carbons (Fsp3) is 0.750. The molecule has 0 aromatic carbocycles. The van der Waals surface area contributed by atoms with E-state index in [2.05, 4.69) is 17.0 Å². The summed E-state index contributed by atoms with van der Waals surface area (Å²) in [6.07, 6.45) is 6.44. The van der Waals surface area contributed by atoms with Gasteiger partial charge in [0.05, 0.1) is 6.42 Å². The lowest BCUT2D eigenvalue weighted by molar-refractivity contribution is -0.120. The lowest BCUT2D eigenvalue weighted by Crippen LogP contribution is -2.48. The molecule has 94 valence electrons. The lowest BCUT2D eigenvalue weighted by atomic mass is 9.74. The highest BCUT2D eigenvalue weighted by Crippen LogP contribution is 2.32. The van der Waals surface area contributed by atoms with Crippen LogP contribution < -0.4 is 5.73 Å². The molecule has 0 aliphatic heterocycles. The molecular weight excluding hydrogens is 216 g/mol. The maximum Gasteiger partial charge on any atom is 0.142 e. The van der Waals surface area contributed by atoms with Crippen molar-refractivity contribution in [2.24, 2.45) is 5.73 Å². The Morgan fingerprint density at radius 1 is 1.59 bits per heavy atom. The van der Waals surface area contributed by atoms with E-state index in [4.69, 9.17) is 5.73 Å². The van der Waals surface area contributed by atoms with Gasteiger partial charge in [0.1, 0.15) is 17.9 Å². The monoisotopic (exact) mass is 236 g/mol. The number of carbonyl (C=O) groups is 1. The van der Waals surface area contributed by atoms with Crippen molar-refractivity contribution in [2.75, 3.05) is 0 Å². The van der Waals surface area contributed by atoms with Crippen LogP contribution in [0.25, 0.3) is 0 Å². The van der Waals surface area contributed by atoms with Gasteiger partial charge in [-0.1, -0.05) is 6.92 Å². The molecule has 2 N–H and O–H groups in total. The van der Waals surface area contributed by atoms with Crippen LogP contribution in [0.2, 0.25) is 0 Å². The Morgan fingerprint density at radius 3 is 2.94 bits per heavy atom. The number of nitrogens with two attached hydrogens (primary N) is 1. The summed E-state index contributed by atoms with van der Waals surface area (Å²) in [5.74, 6) is 0.942. The average Bonchev–Trinajstić information content (AvgIpc) is 2.64. The molecule has 0 bridgehead atoms. The molecule has 1 aliphatic rings. The number of carbonyl (C=O) groups excluding carboxylic acids is 1. The third-order valence-corrected chi connectivity index (χ3v) is 3.38. The Bertz CT molecular complexity index is 395. The summed E-state index contributed by atoms with van der Waals surface area (Å²) in [5, 5.41) is 4.11. The Labute approximate surface area is 101 Å². The highest BCUT2D eigenvalue weighted by Gasteiger charge is 2.34. The van der Waals surface area contributed by atoms with Gasteiger partial charge in [0.25, 0.3) is 0 Å². The van der Waals surface area contributed by atoms with Gasteiger partial charge < -0.3 is 5.73 Å². The molecule has 2 rings (SSSR count). The van der Waals surface area contributed by atoms with Crippen LogP contribution in [0.15, 0.2) is 6.33 Å². The number of aromatic nitrogens is 3. The smallest absolute Gasteiger partial charge is 0.142 e. The summed E-state index contributed by atoms with van der Waals surface area (Å²) in [5.41, 5.74) is 5.84. The Hall–Kier alpha value is -1.23. The summed E-state index contributed by atoms with van der Waals surface area (Å²) in [7, 11) is 0. The molecule has 1 aliphatic carbocycles. The second-order valence-electron chi connectivity index (χ2n) is 5.01. The maximum absolute atomic E-state index is 11.9. The van der Waals surface area contributed by atoms with Gasteiger partial charge in [-0.2, -0.15) is 5.10 Å². The Kier molecular flexibility index (Phi) is 3.57. The van der Waals surface area contributed by atoms with Crippen molar-refractivity contribution in [1.82, 2.24) is 14.8 Å². The molecule has 0 saturated heterocycles. The second-order valence-corrected chi connectivity index (χ2v) is 5.01. The SMILES string of the molecule is CCCn1ncnc1CC(=O)CC1(N)CCC1. The number of rotatable bonds is 6. The molecule has 1 aromatic heterocycles. The lowest BCUT2D eigenvalue weighted by Gasteiger charge is -2.37. The van der Waals surface area contributed by atoms with Gasteiger partial charge in [0.15, 0.2) is 0 Å². The quantitative estimate of drug-likeness (QED) is 0.801. The predicted octanol–water partition coefficient (Wildman–Crippen LogP) is 1.07. The molecule has 0 radical (unpaired) electrons. The summed E-state index contributed by atoms with van der Waals surface area (Å²) < 4.78 is 1.81. The predicted molar refractivity (Wildman–Crippen MR) is 64.4 cm³/mol. The zero-order chi connectivity index (χ0) is 12.3. The van der Waals surface area contributed by atoms with E-state index in [0.717, 1.165) is 38.1 Å². The van der Waals surface area contributed by atoms with E-state index in [0.29, 0.717) is 12.8 Å². The van der Waals surface area contributed by atoms with Crippen molar-refractivity contribution >= 4 is 5.78 Å². The second kappa shape index (κ2) is 4.96. The van der Waals surface area contributed by atoms with Crippen molar-refractivity contribution < 1.29 is 4.79 Å². The molecule has 1 heterocycles. The largest absolute Gasteiger partial charge is 0.325 e. The van der Waals surface area contributed by atoms with Gasteiger partial charge in [0, 0.05) is 18.5 Å². The molecule has 0 spiro atoms. The first-order valence-electron chi connectivity index (χ1n) is 6.30. The summed E-state index contributed by atoms with van der Waals surface area (Å²) in [6.45, 7) is 2.90. The van der Waals surface area contributed by atoms with Crippen LogP contribution in [0, 0.1) is 0 Å². The average molecular weight is 236 g/mol. The normalized spacial score (nSPS) is 17.8. The minimum atomic E-state index is -0.229. The third kappa shape index (κ3) is 2.91. The van der Waals surface area contributed by atoms with E-state index < -0.39 is 0 Å². The molecule has 1 saturated carbocycles. The zero-order valence-corrected chi connectivity index (χ0v) is 10.4. The van der Waals surface area contributed by atoms with Crippen molar-refractivity contribution in [3.8, 4) is 0 Å². The Balaban J connectivity index is 1.91. The summed E-state index contributed by atoms with van der Waals surface area (Å²) >= 11 is 0. The standard InChI is InChI=1S/C12H20N4O/c1-2-6-16-11(14-9-15-16)7-10(17)8-12(13)4-3-5-12/h9H,2-8,13H2,1H3. The van der Waals surface area contributed by atoms with Crippen LogP contribution in [0.1, 0.15) is 44.9 Å². The first-order chi connectivity index (χ1) is 8.13. The first-order valence-corrected chi connectivity index (χ1v) is 6.30. The molecule has 5 heteroatoms. The molecule has 1 aromatic rings. The fourth-order valence-electron chi connectivity index (χ4n) is 2.26. The Morgan fingerprint density at radius 2 is 2.35 bits per heavy atom. The van der Waals surface area contributed by atoms with Gasteiger partial charge in [-0.25, -0.2) is 9.67 Å². The van der Waals surface area contributed by atoms with E-state index in [9.17, 15) is 4.79 Å². The number of Topliss-reactive ketones (excluding diaryl/α,β-unsaturated/α-hetero) is 1. The highest BCUT2D eigenvalue weighted by atomic mass is 16.1. The van der Waals surface area contributed by atoms with E-state index in [-0.39, 0.29) is 11.3 Å². The van der Waals surface area contributed by atoms with Crippen molar-refractivity contribution in [3.63, 3.8) is 0 Å². The molecule has 0 amide bonds. The van der Waals surface area contributed by atoms with Gasteiger partial charge >= 0.3 is 0 Å². The van der Waals surface area contributed by atoms with Crippen LogP contribution in [0.3, 0.4) is 0 Å². The van der Waals surface area contributed by atoms with Gasteiger partial charge in [-0.3, -0.25) is 4.79 Å². The third-order valence-electron chi connectivity index (χ3n) is 3.38. The van der Waals surface area contributed by atoms with Crippen molar-refractivity contribution in [3.05, 3.63) is 12.2 Å². The van der Waals surface area contributed by atoms with E-state index in [1.165, 1.54) is 6.33 Å². The fourth-order valence-corrected chi connectivity index (χ4v) is 2.26. The molecule has 0 unspecified atom stereocenters. The van der Waals surface area contributed by atoms with E-state index in [1.54, 1.807) is 0 Å². The molecule has 17 heavy (non-hydrogen) atoms. The van der Waals surface area contributed by atoms with Crippen LogP contribution >= 0.6 is 0 Å². The molecule has 1 fully saturated rings. The van der Waals surface area contributed by atoms with Crippen molar-refractivity contribution in [1.29, 1.82) is 0 Å². The van der Waals surface area contributed by atoms with Gasteiger partial charge in [-0.05, 0) is 25.7 Å². The van der Waals surface area contributed by atoms with Crippen molar-refractivity contribution in [2.45, 2.75) is 57.5 Å². The number of nitrogens with zero attached hydrogens (tertiary/aromatic N) is 3. The topological polar surface area (TPSA) is 73.8 Å². The van der Waals surface area contributed by atoms with Crippen LogP contribution in [-0.4, -0.2) is 26.1 Å². The number of hydrogen-bond acceptors (Lipinski definition) is 4. The molecule has 5 nitrogen and oxygen atoms in total. The molecular formula is C12H20N4O. The number of aryl methyl sites for hydroxylation is 1. The van der Waals surface area contributed by atoms with E-state index >= 15 is 0 Å². The van der Waals surface area contributed by atoms with Crippen LogP contribution in [0.5, 0.6) is 0 Å².